The molecule has 0 fully saturated rings. The molecule has 0 atom stereocenters. The van der Waals surface area contributed by atoms with Crippen LogP contribution in [-0.2, 0) is 17.4 Å². The maximum Gasteiger partial charge on any atom is 0.416 e. The van der Waals surface area contributed by atoms with Gasteiger partial charge in [-0.1, -0.05) is 24.3 Å². The third-order valence-electron chi connectivity index (χ3n) is 5.24. The number of hydrogen-bond acceptors (Lipinski definition) is 2. The number of H-pyrrole nitrogens is 1. The van der Waals surface area contributed by atoms with E-state index in [4.69, 9.17) is 0 Å². The lowest BCUT2D eigenvalue weighted by Gasteiger charge is -2.11. The number of aromatic nitrogens is 2. The van der Waals surface area contributed by atoms with E-state index in [0.717, 1.165) is 28.6 Å². The van der Waals surface area contributed by atoms with Gasteiger partial charge >= 0.3 is 6.18 Å². The Morgan fingerprint density at radius 3 is 2.73 bits per heavy atom. The van der Waals surface area contributed by atoms with Crippen molar-refractivity contribution in [2.45, 2.75) is 12.6 Å². The molecule has 0 unspecified atom stereocenters. The number of amides is 1. The summed E-state index contributed by atoms with van der Waals surface area (Å²) >= 11 is 0. The molecule has 4 rings (SSSR count). The van der Waals surface area contributed by atoms with Crippen LogP contribution in [0.1, 0.15) is 16.8 Å². The minimum atomic E-state index is -4.47. The molecule has 2 heterocycles. The lowest BCUT2D eigenvalue weighted by atomic mass is 10.1. The van der Waals surface area contributed by atoms with Gasteiger partial charge in [0.2, 0.25) is 0 Å². The first kappa shape index (κ1) is 22.0. The molecule has 166 valence electrons. The monoisotopic (exact) mass is 448 g/mol. The van der Waals surface area contributed by atoms with Crippen molar-refractivity contribution in [3.05, 3.63) is 95.5 Å². The molecule has 0 radical (unpaired) electrons. The molecule has 2 aromatic heterocycles. The largest absolute Gasteiger partial charge is 0.416 e. The van der Waals surface area contributed by atoms with E-state index in [2.05, 4.69) is 10.3 Å². The highest BCUT2D eigenvalue weighted by atomic mass is 19.4. The van der Waals surface area contributed by atoms with Gasteiger partial charge in [0.25, 0.3) is 5.91 Å². The molecule has 33 heavy (non-hydrogen) atoms. The Morgan fingerprint density at radius 1 is 1.12 bits per heavy atom. The number of nitriles is 1. The molecule has 2 N–H and O–H groups in total. The molecule has 0 aliphatic heterocycles. The van der Waals surface area contributed by atoms with Crippen molar-refractivity contribution >= 4 is 22.9 Å². The lowest BCUT2D eigenvalue weighted by molar-refractivity contribution is -0.137. The molecule has 5 nitrogen and oxygen atoms in total. The molecule has 2 aromatic carbocycles. The summed E-state index contributed by atoms with van der Waals surface area (Å²) in [7, 11) is 0. The molecule has 1 amide bonds. The van der Waals surface area contributed by atoms with Gasteiger partial charge in [0.15, 0.2) is 0 Å². The van der Waals surface area contributed by atoms with Crippen LogP contribution in [0, 0.1) is 11.3 Å². The summed E-state index contributed by atoms with van der Waals surface area (Å²) in [4.78, 5) is 15.7. The Bertz CT molecular complexity index is 1370. The minimum absolute atomic E-state index is 0.138. The van der Waals surface area contributed by atoms with E-state index in [1.54, 1.807) is 18.3 Å². The second-order valence-electron chi connectivity index (χ2n) is 7.39. The first-order valence-corrected chi connectivity index (χ1v) is 10.2. The minimum Gasteiger partial charge on any atom is -0.361 e. The van der Waals surface area contributed by atoms with Gasteiger partial charge in [-0.3, -0.25) is 4.79 Å². The molecule has 0 spiro atoms. The summed E-state index contributed by atoms with van der Waals surface area (Å²) in [5.74, 6) is -0.547. The number of para-hydroxylation sites is 1. The Hall–Kier alpha value is -4.25. The van der Waals surface area contributed by atoms with Crippen LogP contribution >= 0.6 is 0 Å². The molecular formula is C25H19F3N4O. The topological polar surface area (TPSA) is 73.6 Å². The lowest BCUT2D eigenvalue weighted by Crippen LogP contribution is -2.26. The van der Waals surface area contributed by atoms with Crippen molar-refractivity contribution in [1.29, 1.82) is 5.26 Å². The van der Waals surface area contributed by atoms with Crippen molar-refractivity contribution in [1.82, 2.24) is 14.9 Å². The first-order chi connectivity index (χ1) is 15.9. The second-order valence-corrected chi connectivity index (χ2v) is 7.39. The number of carbonyl (C=O) groups excluding carboxylic acids is 1. The van der Waals surface area contributed by atoms with Gasteiger partial charge in [0.1, 0.15) is 11.6 Å². The summed E-state index contributed by atoms with van der Waals surface area (Å²) < 4.78 is 40.7. The van der Waals surface area contributed by atoms with E-state index in [0.29, 0.717) is 18.7 Å². The molecule has 0 aliphatic rings. The van der Waals surface area contributed by atoms with Gasteiger partial charge in [0.05, 0.1) is 5.56 Å². The van der Waals surface area contributed by atoms with Crippen molar-refractivity contribution < 1.29 is 18.0 Å². The fourth-order valence-electron chi connectivity index (χ4n) is 3.62. The highest BCUT2D eigenvalue weighted by Crippen LogP contribution is 2.30. The van der Waals surface area contributed by atoms with Crippen LogP contribution in [0.2, 0.25) is 0 Å². The summed E-state index contributed by atoms with van der Waals surface area (Å²) in [6, 6.07) is 17.8. The molecule has 0 saturated heterocycles. The Balaban J connectivity index is 1.49. The second kappa shape index (κ2) is 9.09. The van der Waals surface area contributed by atoms with Crippen LogP contribution < -0.4 is 5.32 Å². The summed E-state index contributed by atoms with van der Waals surface area (Å²) in [6.07, 6.45) is 0.934. The highest BCUT2D eigenvalue weighted by Gasteiger charge is 2.30. The van der Waals surface area contributed by atoms with Crippen LogP contribution in [0.5, 0.6) is 0 Å². The van der Waals surface area contributed by atoms with Crippen LogP contribution in [0.15, 0.2) is 78.6 Å². The average molecular weight is 448 g/mol. The molecule has 0 bridgehead atoms. The normalized spacial score (nSPS) is 12.0. The summed E-state index contributed by atoms with van der Waals surface area (Å²) in [5.41, 5.74) is 1.83. The van der Waals surface area contributed by atoms with Gasteiger partial charge in [-0.15, -0.1) is 0 Å². The number of nitrogens with zero attached hydrogens (tertiary/aromatic N) is 2. The van der Waals surface area contributed by atoms with Gasteiger partial charge in [-0.05, 0) is 54.5 Å². The molecule has 4 aromatic rings. The third kappa shape index (κ3) is 4.83. The third-order valence-corrected chi connectivity index (χ3v) is 5.24. The zero-order valence-electron chi connectivity index (χ0n) is 17.4. The fourth-order valence-corrected chi connectivity index (χ4v) is 3.62. The highest BCUT2D eigenvalue weighted by molar-refractivity contribution is 6.01. The van der Waals surface area contributed by atoms with E-state index in [1.165, 1.54) is 22.8 Å². The zero-order chi connectivity index (χ0) is 23.4. The smallest absolute Gasteiger partial charge is 0.361 e. The number of halogens is 3. The van der Waals surface area contributed by atoms with Crippen LogP contribution in [0.25, 0.3) is 22.7 Å². The number of fused-ring (bicyclic) bond motifs is 1. The van der Waals surface area contributed by atoms with Crippen LogP contribution in [0.3, 0.4) is 0 Å². The number of rotatable bonds is 6. The summed E-state index contributed by atoms with van der Waals surface area (Å²) in [5, 5.41) is 13.3. The van der Waals surface area contributed by atoms with E-state index >= 15 is 0 Å². The maximum absolute atomic E-state index is 13.1. The van der Waals surface area contributed by atoms with E-state index in [-0.39, 0.29) is 11.3 Å². The molecule has 0 aliphatic carbocycles. The van der Waals surface area contributed by atoms with Gasteiger partial charge < -0.3 is 14.9 Å². The number of benzene rings is 2. The van der Waals surface area contributed by atoms with E-state index < -0.39 is 17.6 Å². The van der Waals surface area contributed by atoms with Gasteiger partial charge in [0, 0.05) is 41.2 Å². The number of nitrogens with one attached hydrogen (secondary N) is 2. The van der Waals surface area contributed by atoms with Crippen LogP contribution in [0.4, 0.5) is 13.2 Å². The van der Waals surface area contributed by atoms with Crippen molar-refractivity contribution in [3.8, 4) is 11.8 Å². The average Bonchev–Trinajstić information content (AvgIpc) is 3.44. The number of carbonyl (C=O) groups is 1. The van der Waals surface area contributed by atoms with Crippen molar-refractivity contribution in [2.24, 2.45) is 0 Å². The number of aromatic amines is 1. The zero-order valence-corrected chi connectivity index (χ0v) is 17.4. The van der Waals surface area contributed by atoms with E-state index in [1.807, 2.05) is 36.5 Å². The van der Waals surface area contributed by atoms with Crippen LogP contribution in [-0.4, -0.2) is 22.0 Å². The fraction of sp³-hybridized carbons (Fsp3) is 0.120. The van der Waals surface area contributed by atoms with Crippen molar-refractivity contribution in [2.75, 3.05) is 6.54 Å². The predicted octanol–water partition coefficient (Wildman–Crippen LogP) is 5.24. The maximum atomic E-state index is 13.1. The molecular weight excluding hydrogens is 429 g/mol. The SMILES string of the molecule is N#CC(=Cc1cccn1-c1cccc(C(F)(F)F)c1)C(=O)NCCc1c[nH]c2ccccc12. The summed E-state index contributed by atoms with van der Waals surface area (Å²) in [6.45, 7) is 0.328. The van der Waals surface area contributed by atoms with Gasteiger partial charge in [-0.2, -0.15) is 18.4 Å². The Labute approximate surface area is 187 Å². The van der Waals surface area contributed by atoms with E-state index in [9.17, 15) is 23.2 Å². The first-order valence-electron chi connectivity index (χ1n) is 10.2. The standard InChI is InChI=1S/C25H19F3N4O/c26-25(27,28)19-5-3-6-21(14-19)32-12-4-7-20(32)13-18(15-29)24(33)30-11-10-17-16-31-23-9-2-1-8-22(17)23/h1-9,12-14,16,31H,10-11H2,(H,30,33). The van der Waals surface area contributed by atoms with Crippen molar-refractivity contribution in [3.63, 3.8) is 0 Å². The molecule has 0 saturated carbocycles. The molecule has 8 heteroatoms. The Morgan fingerprint density at radius 2 is 1.94 bits per heavy atom. The number of hydrogen-bond donors (Lipinski definition) is 2. The Kier molecular flexibility index (Phi) is 6.05. The quantitative estimate of drug-likeness (QED) is 0.313. The predicted molar refractivity (Wildman–Crippen MR) is 119 cm³/mol. The van der Waals surface area contributed by atoms with Gasteiger partial charge in [-0.25, -0.2) is 0 Å². The number of alkyl halides is 3.